The molecule has 0 radical (unpaired) electrons. The highest BCUT2D eigenvalue weighted by molar-refractivity contribution is 6.33. The first-order valence-corrected chi connectivity index (χ1v) is 6.90. The number of rotatable bonds is 6. The fourth-order valence-electron chi connectivity index (χ4n) is 1.99. The normalized spacial score (nSPS) is 10.1. The molecule has 0 saturated heterocycles. The fourth-order valence-corrected chi connectivity index (χ4v) is 2.19. The van der Waals surface area contributed by atoms with Crippen molar-refractivity contribution in [1.29, 1.82) is 0 Å². The Morgan fingerprint density at radius 2 is 1.86 bits per heavy atom. The molecule has 0 aliphatic heterocycles. The molecule has 2 N–H and O–H groups in total. The average Bonchev–Trinajstić information content (AvgIpc) is 2.53. The van der Waals surface area contributed by atoms with Crippen molar-refractivity contribution in [2.75, 3.05) is 19.5 Å². The van der Waals surface area contributed by atoms with E-state index in [0.29, 0.717) is 23.7 Å². The first kappa shape index (κ1) is 16.0. The number of hydrogen-bond acceptors (Lipinski definition) is 4. The molecule has 0 saturated carbocycles. The number of aromatic carboxylic acids is 1. The van der Waals surface area contributed by atoms with Gasteiger partial charge in [-0.05, 0) is 35.9 Å². The lowest BCUT2D eigenvalue weighted by Crippen LogP contribution is -2.03. The van der Waals surface area contributed by atoms with Gasteiger partial charge in [0.05, 0.1) is 24.8 Å². The van der Waals surface area contributed by atoms with Gasteiger partial charge in [0.2, 0.25) is 0 Å². The number of methoxy groups -OCH3 is 2. The van der Waals surface area contributed by atoms with Crippen molar-refractivity contribution in [1.82, 2.24) is 0 Å². The zero-order valence-electron chi connectivity index (χ0n) is 12.2. The van der Waals surface area contributed by atoms with Gasteiger partial charge in [-0.3, -0.25) is 0 Å². The lowest BCUT2D eigenvalue weighted by molar-refractivity contribution is 0.0697. The number of halogens is 1. The van der Waals surface area contributed by atoms with Crippen LogP contribution in [0.3, 0.4) is 0 Å². The summed E-state index contributed by atoms with van der Waals surface area (Å²) in [5.74, 6) is 0.245. The van der Waals surface area contributed by atoms with E-state index >= 15 is 0 Å². The van der Waals surface area contributed by atoms with Crippen LogP contribution < -0.4 is 14.8 Å². The second kappa shape index (κ2) is 7.04. The van der Waals surface area contributed by atoms with Crippen molar-refractivity contribution in [2.45, 2.75) is 6.54 Å². The minimum Gasteiger partial charge on any atom is -0.493 e. The predicted molar refractivity (Wildman–Crippen MR) is 85.3 cm³/mol. The van der Waals surface area contributed by atoms with E-state index in [2.05, 4.69) is 5.32 Å². The third-order valence-corrected chi connectivity index (χ3v) is 3.47. The van der Waals surface area contributed by atoms with Crippen molar-refractivity contribution in [3.05, 3.63) is 52.5 Å². The molecule has 2 aromatic rings. The Bertz CT molecular complexity index is 688. The Balaban J connectivity index is 2.13. The largest absolute Gasteiger partial charge is 0.493 e. The minimum atomic E-state index is -1.06. The van der Waals surface area contributed by atoms with Crippen molar-refractivity contribution in [3.63, 3.8) is 0 Å². The lowest BCUT2D eigenvalue weighted by atomic mass is 10.1. The van der Waals surface area contributed by atoms with Gasteiger partial charge in [-0.2, -0.15) is 0 Å². The van der Waals surface area contributed by atoms with Gasteiger partial charge < -0.3 is 19.9 Å². The van der Waals surface area contributed by atoms with Gasteiger partial charge in [0.1, 0.15) is 0 Å². The number of anilines is 1. The van der Waals surface area contributed by atoms with Gasteiger partial charge in [-0.15, -0.1) is 0 Å². The van der Waals surface area contributed by atoms with Crippen molar-refractivity contribution in [3.8, 4) is 11.5 Å². The van der Waals surface area contributed by atoms with Gasteiger partial charge in [-0.25, -0.2) is 4.79 Å². The van der Waals surface area contributed by atoms with Crippen molar-refractivity contribution < 1.29 is 19.4 Å². The Hall–Kier alpha value is -2.40. The molecule has 0 aliphatic rings. The summed E-state index contributed by atoms with van der Waals surface area (Å²) in [4.78, 5) is 11.1. The molecule has 6 heteroatoms. The number of carbonyl (C=O) groups is 1. The summed E-state index contributed by atoms with van der Waals surface area (Å²) in [6.45, 7) is 0.515. The third-order valence-electron chi connectivity index (χ3n) is 3.14. The van der Waals surface area contributed by atoms with E-state index in [1.165, 1.54) is 6.07 Å². The monoisotopic (exact) mass is 321 g/mol. The molecule has 0 fully saturated rings. The van der Waals surface area contributed by atoms with Crippen LogP contribution in [0, 0.1) is 0 Å². The van der Waals surface area contributed by atoms with E-state index in [4.69, 9.17) is 26.2 Å². The van der Waals surface area contributed by atoms with Crippen LogP contribution in [0.25, 0.3) is 0 Å². The predicted octanol–water partition coefficient (Wildman–Crippen LogP) is 3.67. The number of carboxylic acids is 1. The molecule has 116 valence electrons. The smallest absolute Gasteiger partial charge is 0.337 e. The Labute approximate surface area is 133 Å². The van der Waals surface area contributed by atoms with Crippen LogP contribution in [0.4, 0.5) is 5.69 Å². The maximum atomic E-state index is 11.1. The van der Waals surface area contributed by atoms with Crippen LogP contribution in [0.5, 0.6) is 11.5 Å². The van der Waals surface area contributed by atoms with Crippen molar-refractivity contribution in [2.24, 2.45) is 0 Å². The Morgan fingerprint density at radius 3 is 2.50 bits per heavy atom. The standard InChI is InChI=1S/C16H16ClNO4/c1-21-14-6-3-10(7-15(14)22-2)9-18-11-4-5-13(17)12(8-11)16(19)20/h3-8,18H,9H2,1-2H3,(H,19,20). The third kappa shape index (κ3) is 3.62. The highest BCUT2D eigenvalue weighted by Gasteiger charge is 2.09. The Kier molecular flexibility index (Phi) is 5.12. The Morgan fingerprint density at radius 1 is 1.14 bits per heavy atom. The maximum Gasteiger partial charge on any atom is 0.337 e. The second-order valence-corrected chi connectivity index (χ2v) is 4.95. The first-order chi connectivity index (χ1) is 10.5. The van der Waals surface area contributed by atoms with Crippen LogP contribution in [-0.2, 0) is 6.54 Å². The topological polar surface area (TPSA) is 67.8 Å². The van der Waals surface area contributed by atoms with E-state index < -0.39 is 5.97 Å². The van der Waals surface area contributed by atoms with Crippen LogP contribution in [0.15, 0.2) is 36.4 Å². The second-order valence-electron chi connectivity index (χ2n) is 4.54. The average molecular weight is 322 g/mol. The molecule has 2 aromatic carbocycles. The van der Waals surface area contributed by atoms with Crippen LogP contribution >= 0.6 is 11.6 Å². The number of carboxylic acid groups (broad SMARTS) is 1. The molecule has 0 bridgehead atoms. The molecule has 22 heavy (non-hydrogen) atoms. The van der Waals surface area contributed by atoms with E-state index in [9.17, 15) is 4.79 Å². The molecule has 0 aromatic heterocycles. The van der Waals surface area contributed by atoms with E-state index in [1.54, 1.807) is 26.4 Å². The number of ether oxygens (including phenoxy) is 2. The number of hydrogen-bond donors (Lipinski definition) is 2. The van der Waals surface area contributed by atoms with Gasteiger partial charge >= 0.3 is 5.97 Å². The summed E-state index contributed by atoms with van der Waals surface area (Å²) < 4.78 is 10.4. The summed E-state index contributed by atoms with van der Waals surface area (Å²) in [5.41, 5.74) is 1.72. The van der Waals surface area contributed by atoms with E-state index in [0.717, 1.165) is 5.56 Å². The minimum absolute atomic E-state index is 0.0685. The number of nitrogens with one attached hydrogen (secondary N) is 1. The molecular formula is C16H16ClNO4. The van der Waals surface area contributed by atoms with Crippen LogP contribution in [0.1, 0.15) is 15.9 Å². The molecule has 0 amide bonds. The van der Waals surface area contributed by atoms with Gasteiger partial charge in [0.15, 0.2) is 11.5 Å². The number of benzene rings is 2. The van der Waals surface area contributed by atoms with Crippen LogP contribution in [0.2, 0.25) is 5.02 Å². The molecular weight excluding hydrogens is 306 g/mol. The molecule has 0 unspecified atom stereocenters. The quantitative estimate of drug-likeness (QED) is 0.849. The maximum absolute atomic E-state index is 11.1. The summed E-state index contributed by atoms with van der Waals surface area (Å²) in [7, 11) is 3.16. The van der Waals surface area contributed by atoms with Gasteiger partial charge in [-0.1, -0.05) is 17.7 Å². The molecule has 5 nitrogen and oxygen atoms in total. The lowest BCUT2D eigenvalue weighted by Gasteiger charge is -2.11. The van der Waals surface area contributed by atoms with Crippen molar-refractivity contribution >= 4 is 23.3 Å². The fraction of sp³-hybridized carbons (Fsp3) is 0.188. The summed E-state index contributed by atoms with van der Waals surface area (Å²) in [5, 5.41) is 12.4. The summed E-state index contributed by atoms with van der Waals surface area (Å²) in [6.07, 6.45) is 0. The molecule has 0 atom stereocenters. The summed E-state index contributed by atoms with van der Waals surface area (Å²) >= 11 is 5.84. The highest BCUT2D eigenvalue weighted by Crippen LogP contribution is 2.28. The molecule has 0 aliphatic carbocycles. The molecule has 2 rings (SSSR count). The zero-order chi connectivity index (χ0) is 16.1. The zero-order valence-corrected chi connectivity index (χ0v) is 13.0. The summed E-state index contributed by atoms with van der Waals surface area (Å²) in [6, 6.07) is 10.4. The van der Waals surface area contributed by atoms with Crippen LogP contribution in [-0.4, -0.2) is 25.3 Å². The molecule has 0 heterocycles. The SMILES string of the molecule is COc1ccc(CNc2ccc(Cl)c(C(=O)O)c2)cc1OC. The highest BCUT2D eigenvalue weighted by atomic mass is 35.5. The molecule has 0 spiro atoms. The van der Waals surface area contributed by atoms with Gasteiger partial charge in [0.25, 0.3) is 0 Å². The van der Waals surface area contributed by atoms with Gasteiger partial charge in [0, 0.05) is 12.2 Å². The van der Waals surface area contributed by atoms with E-state index in [1.807, 2.05) is 18.2 Å². The van der Waals surface area contributed by atoms with E-state index in [-0.39, 0.29) is 10.6 Å². The first-order valence-electron chi connectivity index (χ1n) is 6.52.